The summed E-state index contributed by atoms with van der Waals surface area (Å²) in [5.41, 5.74) is -0.395. The molecule has 1 aliphatic rings. The van der Waals surface area contributed by atoms with E-state index < -0.39 is 10.5 Å². The van der Waals surface area contributed by atoms with Gasteiger partial charge in [0, 0.05) is 37.6 Å². The van der Waals surface area contributed by atoms with E-state index >= 15 is 0 Å². The Labute approximate surface area is 120 Å². The number of piperidine rings is 1. The van der Waals surface area contributed by atoms with Gasteiger partial charge in [0.05, 0.1) is 11.1 Å². The Bertz CT molecular complexity index is 654. The molecule has 0 bridgehead atoms. The van der Waals surface area contributed by atoms with E-state index in [0.717, 1.165) is 16.8 Å². The Balaban J connectivity index is 2.17. The number of hydrogen-bond acceptors (Lipinski definition) is 5. The molecule has 0 unspecified atom stereocenters. The third-order valence-corrected chi connectivity index (χ3v) is 3.48. The summed E-state index contributed by atoms with van der Waals surface area (Å²) in [6.07, 6.45) is 1.72. The molecule has 112 valence electrons. The van der Waals surface area contributed by atoms with Gasteiger partial charge in [-0.15, -0.1) is 0 Å². The Hall–Kier alpha value is -2.51. The van der Waals surface area contributed by atoms with Gasteiger partial charge in [-0.2, -0.15) is 0 Å². The Morgan fingerprint density at radius 2 is 1.95 bits per heavy atom. The molecule has 1 amide bonds. The molecule has 0 N–H and O–H groups in total. The van der Waals surface area contributed by atoms with Gasteiger partial charge in [-0.3, -0.25) is 29.1 Å². The maximum absolute atomic E-state index is 12.1. The van der Waals surface area contributed by atoms with E-state index in [9.17, 15) is 24.5 Å². The zero-order chi connectivity index (χ0) is 15.6. The molecule has 2 heterocycles. The van der Waals surface area contributed by atoms with Crippen LogP contribution in [0.5, 0.6) is 0 Å². The highest BCUT2D eigenvalue weighted by atomic mass is 16.6. The smallest absolute Gasteiger partial charge is 0.288 e. The highest BCUT2D eigenvalue weighted by molar-refractivity contribution is 5.83. The van der Waals surface area contributed by atoms with Crippen LogP contribution in [0.1, 0.15) is 18.4 Å². The van der Waals surface area contributed by atoms with Gasteiger partial charge in [0.15, 0.2) is 0 Å². The first-order valence-electron chi connectivity index (χ1n) is 6.53. The molecule has 8 nitrogen and oxygen atoms in total. The zero-order valence-electron chi connectivity index (χ0n) is 11.6. The monoisotopic (exact) mass is 293 g/mol. The number of pyridine rings is 1. The number of amides is 1. The molecule has 0 saturated carbocycles. The van der Waals surface area contributed by atoms with E-state index in [1.165, 1.54) is 11.8 Å². The predicted molar refractivity (Wildman–Crippen MR) is 72.9 cm³/mol. The van der Waals surface area contributed by atoms with Crippen molar-refractivity contribution in [2.24, 2.45) is 0 Å². The third-order valence-electron chi connectivity index (χ3n) is 3.48. The number of rotatable bonds is 3. The number of likely N-dealkylation sites (tertiary alicyclic amines) is 1. The molecule has 0 aliphatic carbocycles. The number of nitro groups is 1. The Kier molecular flexibility index (Phi) is 4.15. The lowest BCUT2D eigenvalue weighted by atomic mass is 10.1. The molecule has 0 atom stereocenters. The van der Waals surface area contributed by atoms with E-state index in [1.807, 2.05) is 0 Å². The number of hydrogen-bond donors (Lipinski definition) is 0. The van der Waals surface area contributed by atoms with Crippen molar-refractivity contribution in [1.82, 2.24) is 9.47 Å². The lowest BCUT2D eigenvalue weighted by Crippen LogP contribution is -2.41. The lowest BCUT2D eigenvalue weighted by Gasteiger charge is -2.26. The van der Waals surface area contributed by atoms with Crippen LogP contribution in [-0.4, -0.2) is 39.2 Å². The van der Waals surface area contributed by atoms with Crippen LogP contribution in [0.4, 0.5) is 5.69 Å². The van der Waals surface area contributed by atoms with Gasteiger partial charge in [0.2, 0.25) is 5.91 Å². The van der Waals surface area contributed by atoms with Crippen molar-refractivity contribution >= 4 is 17.4 Å². The van der Waals surface area contributed by atoms with Crippen molar-refractivity contribution in [1.29, 1.82) is 0 Å². The van der Waals surface area contributed by atoms with Crippen LogP contribution in [0.2, 0.25) is 0 Å². The summed E-state index contributed by atoms with van der Waals surface area (Å²) in [6, 6.07) is 1.14. The van der Waals surface area contributed by atoms with Gasteiger partial charge in [-0.25, -0.2) is 0 Å². The van der Waals surface area contributed by atoms with E-state index in [4.69, 9.17) is 0 Å². The quantitative estimate of drug-likeness (QED) is 0.587. The minimum Gasteiger partial charge on any atom is -0.340 e. The molecule has 1 aromatic rings. The first-order chi connectivity index (χ1) is 9.88. The van der Waals surface area contributed by atoms with Gasteiger partial charge in [-0.05, 0) is 6.92 Å². The van der Waals surface area contributed by atoms with Crippen LogP contribution in [0.25, 0.3) is 0 Å². The molecular weight excluding hydrogens is 278 g/mol. The summed E-state index contributed by atoms with van der Waals surface area (Å²) in [4.78, 5) is 46.8. The van der Waals surface area contributed by atoms with Gasteiger partial charge in [-0.1, -0.05) is 0 Å². The molecule has 0 spiro atoms. The second-order valence-electron chi connectivity index (χ2n) is 4.98. The average Bonchev–Trinajstić information content (AvgIpc) is 2.42. The number of carbonyl (C=O) groups is 2. The van der Waals surface area contributed by atoms with Crippen LogP contribution >= 0.6 is 0 Å². The molecule has 0 radical (unpaired) electrons. The fraction of sp³-hybridized carbons (Fsp3) is 0.462. The standard InChI is InChI=1S/C13H15N3O5/c1-9-6-12(18)15(7-11(9)16(20)21)8-13(19)14-4-2-10(17)3-5-14/h6-7H,2-5,8H2,1H3. The number of aromatic nitrogens is 1. The number of carbonyl (C=O) groups excluding carboxylic acids is 2. The maximum Gasteiger partial charge on any atom is 0.288 e. The summed E-state index contributed by atoms with van der Waals surface area (Å²) in [5.74, 6) is -0.204. The van der Waals surface area contributed by atoms with Crippen molar-refractivity contribution in [3.63, 3.8) is 0 Å². The largest absolute Gasteiger partial charge is 0.340 e. The SMILES string of the molecule is Cc1cc(=O)n(CC(=O)N2CCC(=O)CC2)cc1[N+](=O)[O-]. The van der Waals surface area contributed by atoms with E-state index in [2.05, 4.69) is 0 Å². The van der Waals surface area contributed by atoms with Crippen LogP contribution in [0.15, 0.2) is 17.1 Å². The van der Waals surface area contributed by atoms with Crippen LogP contribution in [0, 0.1) is 17.0 Å². The molecule has 1 aliphatic heterocycles. The van der Waals surface area contributed by atoms with Crippen molar-refractivity contribution in [2.45, 2.75) is 26.3 Å². The average molecular weight is 293 g/mol. The van der Waals surface area contributed by atoms with Crippen molar-refractivity contribution in [3.8, 4) is 0 Å². The van der Waals surface area contributed by atoms with Crippen LogP contribution < -0.4 is 5.56 Å². The topological polar surface area (TPSA) is 103 Å². The molecule has 1 aromatic heterocycles. The van der Waals surface area contributed by atoms with E-state index in [-0.39, 0.29) is 29.5 Å². The van der Waals surface area contributed by atoms with Gasteiger partial charge in [0.1, 0.15) is 12.3 Å². The highest BCUT2D eigenvalue weighted by Gasteiger charge is 2.22. The fourth-order valence-electron chi connectivity index (χ4n) is 2.22. The molecule has 1 saturated heterocycles. The first-order valence-corrected chi connectivity index (χ1v) is 6.53. The number of aryl methyl sites for hydroxylation is 1. The minimum atomic E-state index is -0.588. The summed E-state index contributed by atoms with van der Waals surface area (Å²) in [7, 11) is 0. The number of Topliss-reactive ketones (excluding diaryl/α,β-unsaturated/α-hetero) is 1. The minimum absolute atomic E-state index is 0.113. The second-order valence-corrected chi connectivity index (χ2v) is 4.98. The van der Waals surface area contributed by atoms with Gasteiger partial charge >= 0.3 is 0 Å². The van der Waals surface area contributed by atoms with Crippen molar-refractivity contribution in [2.75, 3.05) is 13.1 Å². The Morgan fingerprint density at radius 3 is 2.52 bits per heavy atom. The van der Waals surface area contributed by atoms with Crippen molar-refractivity contribution in [3.05, 3.63) is 38.3 Å². The normalized spacial score (nSPS) is 15.1. The van der Waals surface area contributed by atoms with Gasteiger partial charge < -0.3 is 4.90 Å². The molecule has 2 rings (SSSR count). The number of ketones is 1. The summed E-state index contributed by atoms with van der Waals surface area (Å²) < 4.78 is 1.03. The molecule has 0 aromatic carbocycles. The Morgan fingerprint density at radius 1 is 1.33 bits per heavy atom. The van der Waals surface area contributed by atoms with Gasteiger partial charge in [0.25, 0.3) is 11.2 Å². The summed E-state index contributed by atoms with van der Waals surface area (Å²) in [5, 5.41) is 10.9. The third kappa shape index (κ3) is 3.33. The molecule has 8 heteroatoms. The summed E-state index contributed by atoms with van der Waals surface area (Å²) in [6.45, 7) is 1.89. The fourth-order valence-corrected chi connectivity index (χ4v) is 2.22. The predicted octanol–water partition coefficient (Wildman–Crippen LogP) is 0.256. The number of nitrogens with zero attached hydrogens (tertiary/aromatic N) is 3. The van der Waals surface area contributed by atoms with Crippen LogP contribution in [0.3, 0.4) is 0 Å². The van der Waals surface area contributed by atoms with E-state index in [1.54, 1.807) is 0 Å². The summed E-state index contributed by atoms with van der Waals surface area (Å²) >= 11 is 0. The molecule has 1 fully saturated rings. The van der Waals surface area contributed by atoms with Crippen molar-refractivity contribution < 1.29 is 14.5 Å². The maximum atomic E-state index is 12.1. The highest BCUT2D eigenvalue weighted by Crippen LogP contribution is 2.14. The van der Waals surface area contributed by atoms with E-state index in [0.29, 0.717) is 25.9 Å². The molecule has 21 heavy (non-hydrogen) atoms. The van der Waals surface area contributed by atoms with Crippen LogP contribution in [-0.2, 0) is 16.1 Å². The lowest BCUT2D eigenvalue weighted by molar-refractivity contribution is -0.385. The molecular formula is C13H15N3O5. The zero-order valence-corrected chi connectivity index (χ0v) is 11.6. The second kappa shape index (κ2) is 5.86. The first kappa shape index (κ1) is 14.9.